The average Bonchev–Trinajstić information content (AvgIpc) is 2.06. The van der Waals surface area contributed by atoms with Crippen molar-refractivity contribution < 1.29 is 13.9 Å². The summed E-state index contributed by atoms with van der Waals surface area (Å²) >= 11 is 0. The van der Waals surface area contributed by atoms with E-state index in [1.807, 2.05) is 0 Å². The van der Waals surface area contributed by atoms with Crippen LogP contribution >= 0.6 is 0 Å². The van der Waals surface area contributed by atoms with E-state index in [-0.39, 0.29) is 11.3 Å². The fraction of sp³-hybridized carbons (Fsp3) is 0.222. The third-order valence-electron chi connectivity index (χ3n) is 1.65. The highest BCUT2D eigenvalue weighted by molar-refractivity contribution is 5.76. The lowest BCUT2D eigenvalue weighted by Crippen LogP contribution is -1.95. The fourth-order valence-electron chi connectivity index (χ4n) is 1.01. The molecule has 0 unspecified atom stereocenters. The lowest BCUT2D eigenvalue weighted by Gasteiger charge is -2.06. The molecule has 0 amide bonds. The summed E-state index contributed by atoms with van der Waals surface area (Å²) in [6.07, 6.45) is 0.470. The monoisotopic (exact) mass is 168 g/mol. The zero-order valence-electron chi connectivity index (χ0n) is 6.93. The Labute approximate surface area is 70.0 Å². The lowest BCUT2D eigenvalue weighted by atomic mass is 10.1. The number of hydrogen-bond acceptors (Lipinski definition) is 2. The maximum absolute atomic E-state index is 13.2. The number of ether oxygens (including phenoxy) is 1. The maximum Gasteiger partial charge on any atom is 0.175 e. The normalized spacial score (nSPS) is 9.58. The van der Waals surface area contributed by atoms with Gasteiger partial charge in [-0.1, -0.05) is 6.07 Å². The smallest absolute Gasteiger partial charge is 0.175 e. The van der Waals surface area contributed by atoms with Gasteiger partial charge in [-0.05, 0) is 18.6 Å². The van der Waals surface area contributed by atoms with Crippen LogP contribution in [0.3, 0.4) is 0 Å². The molecule has 0 N–H and O–H groups in total. The minimum Gasteiger partial charge on any atom is -0.493 e. The maximum atomic E-state index is 13.2. The van der Waals surface area contributed by atoms with Gasteiger partial charge in [-0.15, -0.1) is 0 Å². The second-order valence-electron chi connectivity index (χ2n) is 2.44. The van der Waals surface area contributed by atoms with Crippen molar-refractivity contribution in [3.05, 3.63) is 29.1 Å². The molecular weight excluding hydrogens is 159 g/mol. The van der Waals surface area contributed by atoms with Gasteiger partial charge in [-0.25, -0.2) is 4.39 Å². The van der Waals surface area contributed by atoms with E-state index in [2.05, 4.69) is 0 Å². The summed E-state index contributed by atoms with van der Waals surface area (Å²) in [5.74, 6) is -0.452. The molecule has 0 aromatic heterocycles. The topological polar surface area (TPSA) is 26.3 Å². The summed E-state index contributed by atoms with van der Waals surface area (Å²) in [6.45, 7) is 1.72. The molecule has 0 aliphatic rings. The van der Waals surface area contributed by atoms with Crippen LogP contribution in [0, 0.1) is 12.7 Å². The first kappa shape index (κ1) is 8.71. The van der Waals surface area contributed by atoms with Crippen molar-refractivity contribution in [2.24, 2.45) is 0 Å². The Balaban J connectivity index is 3.33. The summed E-state index contributed by atoms with van der Waals surface area (Å²) < 4.78 is 18.0. The third kappa shape index (κ3) is 1.30. The van der Waals surface area contributed by atoms with E-state index in [0.717, 1.165) is 0 Å². The van der Waals surface area contributed by atoms with E-state index in [0.29, 0.717) is 11.8 Å². The molecule has 0 heterocycles. The molecule has 0 saturated heterocycles. The molecule has 1 rings (SSSR count). The molecule has 3 heteroatoms. The van der Waals surface area contributed by atoms with Gasteiger partial charge in [0.2, 0.25) is 0 Å². The summed E-state index contributed by atoms with van der Waals surface area (Å²) in [5, 5.41) is 0. The molecule has 0 spiro atoms. The van der Waals surface area contributed by atoms with Crippen LogP contribution in [0.25, 0.3) is 0 Å². The van der Waals surface area contributed by atoms with Gasteiger partial charge in [0.1, 0.15) is 0 Å². The molecule has 1 aromatic carbocycles. The van der Waals surface area contributed by atoms with Gasteiger partial charge in [0.05, 0.1) is 12.7 Å². The summed E-state index contributed by atoms with van der Waals surface area (Å²) in [4.78, 5) is 10.3. The van der Waals surface area contributed by atoms with Crippen LogP contribution in [0.4, 0.5) is 4.39 Å². The molecule has 0 aliphatic carbocycles. The number of carbonyl (C=O) groups excluding carboxylic acids is 1. The zero-order chi connectivity index (χ0) is 9.14. The second kappa shape index (κ2) is 3.34. The predicted molar refractivity (Wildman–Crippen MR) is 43.1 cm³/mol. The largest absolute Gasteiger partial charge is 0.493 e. The van der Waals surface area contributed by atoms with Crippen LogP contribution in [0.15, 0.2) is 12.1 Å². The van der Waals surface area contributed by atoms with E-state index >= 15 is 0 Å². The molecule has 0 aliphatic heterocycles. The Morgan fingerprint density at radius 1 is 1.50 bits per heavy atom. The highest BCUT2D eigenvalue weighted by Crippen LogP contribution is 2.23. The van der Waals surface area contributed by atoms with Crippen molar-refractivity contribution in [2.45, 2.75) is 6.92 Å². The minimum atomic E-state index is -0.590. The van der Waals surface area contributed by atoms with Gasteiger partial charge >= 0.3 is 0 Å². The van der Waals surface area contributed by atoms with Crippen molar-refractivity contribution in [1.29, 1.82) is 0 Å². The predicted octanol–water partition coefficient (Wildman–Crippen LogP) is 1.96. The van der Waals surface area contributed by atoms with Crippen LogP contribution < -0.4 is 4.74 Å². The number of halogens is 1. The summed E-state index contributed by atoms with van der Waals surface area (Å²) in [6, 6.07) is 3.08. The number of aldehydes is 1. The van der Waals surface area contributed by atoms with Gasteiger partial charge in [-0.3, -0.25) is 4.79 Å². The van der Waals surface area contributed by atoms with Crippen LogP contribution in [-0.2, 0) is 0 Å². The molecule has 0 fully saturated rings. The molecule has 64 valence electrons. The first-order valence-electron chi connectivity index (χ1n) is 3.49. The Kier molecular flexibility index (Phi) is 2.43. The summed E-state index contributed by atoms with van der Waals surface area (Å²) in [5.41, 5.74) is 0.707. The minimum absolute atomic E-state index is 0.0254. The van der Waals surface area contributed by atoms with Crippen LogP contribution in [-0.4, -0.2) is 13.4 Å². The van der Waals surface area contributed by atoms with Crippen LogP contribution in [0.1, 0.15) is 15.9 Å². The first-order chi connectivity index (χ1) is 5.70. The number of rotatable bonds is 2. The highest BCUT2D eigenvalue weighted by Gasteiger charge is 2.09. The molecule has 1 aromatic rings. The van der Waals surface area contributed by atoms with Crippen molar-refractivity contribution >= 4 is 6.29 Å². The lowest BCUT2D eigenvalue weighted by molar-refractivity contribution is 0.111. The van der Waals surface area contributed by atoms with Gasteiger partial charge in [0.15, 0.2) is 17.9 Å². The van der Waals surface area contributed by atoms with Gasteiger partial charge in [0, 0.05) is 0 Å². The van der Waals surface area contributed by atoms with E-state index in [9.17, 15) is 9.18 Å². The molecule has 0 bridgehead atoms. The van der Waals surface area contributed by atoms with Crippen LogP contribution in [0.2, 0.25) is 0 Å². The second-order valence-corrected chi connectivity index (χ2v) is 2.44. The standard InChI is InChI=1S/C9H9FO2/c1-6-3-4-7(5-11)8(10)9(6)12-2/h3-5H,1-2H3. The van der Waals surface area contributed by atoms with Gasteiger partial charge in [-0.2, -0.15) is 0 Å². The Morgan fingerprint density at radius 2 is 2.17 bits per heavy atom. The number of benzene rings is 1. The van der Waals surface area contributed by atoms with E-state index < -0.39 is 5.82 Å². The van der Waals surface area contributed by atoms with Crippen molar-refractivity contribution in [2.75, 3.05) is 7.11 Å². The molecule has 0 saturated carbocycles. The number of hydrogen-bond donors (Lipinski definition) is 0. The third-order valence-corrected chi connectivity index (χ3v) is 1.65. The number of methoxy groups -OCH3 is 1. The fourth-order valence-corrected chi connectivity index (χ4v) is 1.01. The SMILES string of the molecule is COc1c(C)ccc(C=O)c1F. The first-order valence-corrected chi connectivity index (χ1v) is 3.49. The molecule has 12 heavy (non-hydrogen) atoms. The van der Waals surface area contributed by atoms with Crippen LogP contribution in [0.5, 0.6) is 5.75 Å². The van der Waals surface area contributed by atoms with E-state index in [4.69, 9.17) is 4.74 Å². The van der Waals surface area contributed by atoms with Gasteiger partial charge in [0.25, 0.3) is 0 Å². The molecule has 0 radical (unpaired) electrons. The Morgan fingerprint density at radius 3 is 2.67 bits per heavy atom. The van der Waals surface area contributed by atoms with Crippen molar-refractivity contribution in [3.63, 3.8) is 0 Å². The van der Waals surface area contributed by atoms with E-state index in [1.165, 1.54) is 13.2 Å². The summed E-state index contributed by atoms with van der Waals surface area (Å²) in [7, 11) is 1.37. The molecule has 0 atom stereocenters. The van der Waals surface area contributed by atoms with Gasteiger partial charge < -0.3 is 4.74 Å². The number of aryl methyl sites for hydroxylation is 1. The molecule has 2 nitrogen and oxygen atoms in total. The van der Waals surface area contributed by atoms with Crippen molar-refractivity contribution in [3.8, 4) is 5.75 Å². The zero-order valence-corrected chi connectivity index (χ0v) is 6.93. The molecular formula is C9H9FO2. The highest BCUT2D eigenvalue weighted by atomic mass is 19.1. The van der Waals surface area contributed by atoms with Crippen molar-refractivity contribution in [1.82, 2.24) is 0 Å². The quantitative estimate of drug-likeness (QED) is 0.631. The average molecular weight is 168 g/mol. The Bertz CT molecular complexity index is 308. The number of carbonyl (C=O) groups is 1. The Hall–Kier alpha value is -1.38. The van der Waals surface area contributed by atoms with E-state index in [1.54, 1.807) is 13.0 Å².